The van der Waals surface area contributed by atoms with E-state index in [1.807, 2.05) is 23.0 Å². The van der Waals surface area contributed by atoms with Gasteiger partial charge < -0.3 is 10.6 Å². The fourth-order valence-electron chi connectivity index (χ4n) is 2.96. The van der Waals surface area contributed by atoms with Gasteiger partial charge in [0, 0.05) is 12.2 Å². The fourth-order valence-corrected chi connectivity index (χ4v) is 3.96. The van der Waals surface area contributed by atoms with Crippen LogP contribution in [0, 0.1) is 0 Å². The van der Waals surface area contributed by atoms with E-state index in [1.54, 1.807) is 6.07 Å². The maximum Gasteiger partial charge on any atom is 0.172 e. The van der Waals surface area contributed by atoms with Gasteiger partial charge in [0.1, 0.15) is 0 Å². The van der Waals surface area contributed by atoms with Crippen LogP contribution in [0.1, 0.15) is 37.7 Å². The lowest BCUT2D eigenvalue weighted by Gasteiger charge is -2.24. The van der Waals surface area contributed by atoms with Gasteiger partial charge in [0.2, 0.25) is 0 Å². The molecule has 1 aromatic carbocycles. The van der Waals surface area contributed by atoms with Crippen LogP contribution in [-0.2, 0) is 6.54 Å². The molecule has 0 atom stereocenters. The lowest BCUT2D eigenvalue weighted by molar-refractivity contribution is 0.414. The molecule has 4 nitrogen and oxygen atoms in total. The molecule has 8 heteroatoms. The van der Waals surface area contributed by atoms with Crippen LogP contribution in [0.2, 0.25) is 10.0 Å². The van der Waals surface area contributed by atoms with E-state index in [0.717, 1.165) is 10.0 Å². The molecule has 1 heterocycles. The number of nitrogens with zero attached hydrogens (tertiary/aromatic N) is 2. The Morgan fingerprint density at radius 1 is 1.24 bits per heavy atom. The minimum Gasteiger partial charge on any atom is -0.360 e. The molecule has 1 aromatic heterocycles. The Hall–Kier alpha value is -0.820. The summed E-state index contributed by atoms with van der Waals surface area (Å²) >= 11 is 21.0. The number of nitrogens with one attached hydrogen (secondary N) is 2. The maximum atomic E-state index is 6.07. The third-order valence-electron chi connectivity index (χ3n) is 4.22. The van der Waals surface area contributed by atoms with E-state index in [4.69, 9.17) is 35.4 Å². The van der Waals surface area contributed by atoms with Gasteiger partial charge in [-0.15, -0.1) is 0 Å². The van der Waals surface area contributed by atoms with E-state index in [-0.39, 0.29) is 0 Å². The van der Waals surface area contributed by atoms with Crippen LogP contribution in [0.15, 0.2) is 28.9 Å². The molecule has 134 valence electrons. The van der Waals surface area contributed by atoms with Gasteiger partial charge in [0.05, 0.1) is 21.1 Å². The summed E-state index contributed by atoms with van der Waals surface area (Å²) in [6.07, 6.45) is 8.12. The SMILES string of the molecule is S=C(Nc1nn(Cc2ccc(Cl)c(Cl)c2)cc1Br)NC1CCCCC1. The maximum absolute atomic E-state index is 6.07. The molecule has 1 aliphatic carbocycles. The topological polar surface area (TPSA) is 41.9 Å². The number of hydrogen-bond acceptors (Lipinski definition) is 2. The average Bonchev–Trinajstić information content (AvgIpc) is 2.91. The molecule has 0 saturated heterocycles. The van der Waals surface area contributed by atoms with E-state index in [0.29, 0.717) is 33.6 Å². The van der Waals surface area contributed by atoms with Crippen molar-refractivity contribution in [3.05, 3.63) is 44.5 Å². The first-order valence-electron chi connectivity index (χ1n) is 8.25. The molecule has 0 aliphatic heterocycles. The third-order valence-corrected chi connectivity index (χ3v) is 5.76. The highest BCUT2D eigenvalue weighted by atomic mass is 79.9. The summed E-state index contributed by atoms with van der Waals surface area (Å²) in [5.41, 5.74) is 1.03. The lowest BCUT2D eigenvalue weighted by atomic mass is 9.96. The number of anilines is 1. The zero-order chi connectivity index (χ0) is 17.8. The van der Waals surface area contributed by atoms with Gasteiger partial charge in [-0.05, 0) is 58.7 Å². The Labute approximate surface area is 171 Å². The van der Waals surface area contributed by atoms with Gasteiger partial charge in [0.15, 0.2) is 10.9 Å². The highest BCUT2D eigenvalue weighted by Gasteiger charge is 2.15. The molecule has 0 amide bonds. The van der Waals surface area contributed by atoms with E-state index in [9.17, 15) is 0 Å². The fraction of sp³-hybridized carbons (Fsp3) is 0.412. The first-order valence-corrected chi connectivity index (χ1v) is 10.2. The molecule has 1 saturated carbocycles. The van der Waals surface area contributed by atoms with Crippen molar-refractivity contribution in [2.75, 3.05) is 5.32 Å². The predicted molar refractivity (Wildman–Crippen MR) is 112 cm³/mol. The number of aromatic nitrogens is 2. The number of hydrogen-bond donors (Lipinski definition) is 2. The summed E-state index contributed by atoms with van der Waals surface area (Å²) in [6, 6.07) is 6.04. The normalized spacial score (nSPS) is 15.2. The van der Waals surface area contributed by atoms with Crippen molar-refractivity contribution in [2.24, 2.45) is 0 Å². The molecule has 1 fully saturated rings. The quantitative estimate of drug-likeness (QED) is 0.579. The van der Waals surface area contributed by atoms with Gasteiger partial charge in [0.25, 0.3) is 0 Å². The van der Waals surface area contributed by atoms with Crippen molar-refractivity contribution in [2.45, 2.75) is 44.7 Å². The number of rotatable bonds is 4. The Morgan fingerprint density at radius 2 is 2.00 bits per heavy atom. The van der Waals surface area contributed by atoms with E-state index < -0.39 is 0 Å². The minimum absolute atomic E-state index is 0.464. The van der Waals surface area contributed by atoms with Crippen molar-refractivity contribution in [3.63, 3.8) is 0 Å². The number of thiocarbonyl (C=S) groups is 1. The monoisotopic (exact) mass is 460 g/mol. The van der Waals surface area contributed by atoms with E-state index >= 15 is 0 Å². The largest absolute Gasteiger partial charge is 0.360 e. The van der Waals surface area contributed by atoms with Crippen LogP contribution in [0.5, 0.6) is 0 Å². The molecule has 3 rings (SSSR count). The zero-order valence-corrected chi connectivity index (χ0v) is 17.5. The first-order chi connectivity index (χ1) is 12.0. The molecule has 0 radical (unpaired) electrons. The van der Waals surface area contributed by atoms with Crippen LogP contribution in [0.4, 0.5) is 5.82 Å². The Balaban J connectivity index is 1.61. The Bertz CT molecular complexity index is 759. The van der Waals surface area contributed by atoms with Crippen LogP contribution in [0.25, 0.3) is 0 Å². The summed E-state index contributed by atoms with van der Waals surface area (Å²) < 4.78 is 2.69. The second kappa shape index (κ2) is 8.71. The van der Waals surface area contributed by atoms with Crippen molar-refractivity contribution >= 4 is 62.3 Å². The number of benzene rings is 1. The second-order valence-corrected chi connectivity index (χ2v) is 8.28. The van der Waals surface area contributed by atoms with Gasteiger partial charge >= 0.3 is 0 Å². The minimum atomic E-state index is 0.464. The highest BCUT2D eigenvalue weighted by molar-refractivity contribution is 9.10. The van der Waals surface area contributed by atoms with Crippen LogP contribution in [0.3, 0.4) is 0 Å². The summed E-state index contributed by atoms with van der Waals surface area (Å²) in [4.78, 5) is 0. The highest BCUT2D eigenvalue weighted by Crippen LogP contribution is 2.25. The molecule has 25 heavy (non-hydrogen) atoms. The molecule has 2 aromatic rings. The zero-order valence-electron chi connectivity index (χ0n) is 13.6. The molecule has 0 bridgehead atoms. The smallest absolute Gasteiger partial charge is 0.172 e. The molecule has 2 N–H and O–H groups in total. The number of halogens is 3. The predicted octanol–water partition coefficient (Wildman–Crippen LogP) is 5.62. The van der Waals surface area contributed by atoms with Crippen molar-refractivity contribution in [1.82, 2.24) is 15.1 Å². The third kappa shape index (κ3) is 5.33. The molecule has 1 aliphatic rings. The van der Waals surface area contributed by atoms with Gasteiger partial charge in [-0.25, -0.2) is 0 Å². The van der Waals surface area contributed by atoms with E-state index in [2.05, 4.69) is 31.7 Å². The van der Waals surface area contributed by atoms with E-state index in [1.165, 1.54) is 32.1 Å². The molecular formula is C17H19BrCl2N4S. The molecular weight excluding hydrogens is 443 g/mol. The molecule has 0 spiro atoms. The lowest BCUT2D eigenvalue weighted by Crippen LogP contribution is -2.39. The summed E-state index contributed by atoms with van der Waals surface area (Å²) in [5, 5.41) is 12.8. The standard InChI is InChI=1S/C17H19BrCl2N4S/c18-13-10-24(9-11-6-7-14(19)15(20)8-11)23-16(13)22-17(25)21-12-4-2-1-3-5-12/h6-8,10,12H,1-5,9H2,(H2,21,22,23,25). The van der Waals surface area contributed by atoms with Crippen LogP contribution in [-0.4, -0.2) is 20.9 Å². The summed E-state index contributed by atoms with van der Waals surface area (Å²) in [6.45, 7) is 0.597. The van der Waals surface area contributed by atoms with Crippen molar-refractivity contribution in [1.29, 1.82) is 0 Å². The van der Waals surface area contributed by atoms with Crippen molar-refractivity contribution < 1.29 is 0 Å². The summed E-state index contributed by atoms with van der Waals surface area (Å²) in [7, 11) is 0. The first kappa shape index (κ1) is 19.0. The average molecular weight is 462 g/mol. The summed E-state index contributed by atoms with van der Waals surface area (Å²) in [5.74, 6) is 0.702. The van der Waals surface area contributed by atoms with Gasteiger partial charge in [-0.2, -0.15) is 5.10 Å². The van der Waals surface area contributed by atoms with Crippen LogP contribution >= 0.6 is 51.3 Å². The van der Waals surface area contributed by atoms with Gasteiger partial charge in [-0.3, -0.25) is 4.68 Å². The molecule has 0 unspecified atom stereocenters. The second-order valence-electron chi connectivity index (χ2n) is 6.21. The van der Waals surface area contributed by atoms with Crippen molar-refractivity contribution in [3.8, 4) is 0 Å². The Kier molecular flexibility index (Phi) is 6.61. The van der Waals surface area contributed by atoms with Gasteiger partial charge in [-0.1, -0.05) is 48.5 Å². The Morgan fingerprint density at radius 3 is 2.72 bits per heavy atom. The van der Waals surface area contributed by atoms with Crippen LogP contribution < -0.4 is 10.6 Å².